The molecular weight excluding hydrogens is 470 g/mol. The zero-order chi connectivity index (χ0) is 21.5. The molecule has 158 valence electrons. The number of hydrogen-bond donors (Lipinski definition) is 2. The first kappa shape index (κ1) is 20.8. The predicted molar refractivity (Wildman–Crippen MR) is 119 cm³/mol. The van der Waals surface area contributed by atoms with Gasteiger partial charge in [-0.2, -0.15) is 5.10 Å². The number of imidazole rings is 1. The maximum Gasteiger partial charge on any atom is 0.248 e. The second kappa shape index (κ2) is 7.99. The van der Waals surface area contributed by atoms with Crippen molar-refractivity contribution >= 4 is 43.0 Å². The molecule has 3 heterocycles. The first-order valence-corrected chi connectivity index (χ1v) is 12.2. The summed E-state index contributed by atoms with van der Waals surface area (Å²) in [5.74, 6) is 0.352. The van der Waals surface area contributed by atoms with Crippen LogP contribution in [0.5, 0.6) is 0 Å². The summed E-state index contributed by atoms with van der Waals surface area (Å²) in [6.07, 6.45) is 3.08. The van der Waals surface area contributed by atoms with E-state index >= 15 is 0 Å². The molecule has 1 saturated heterocycles. The number of carbonyl (C=O) groups excluding carboxylic acids is 1. The Bertz CT molecular complexity index is 1220. The summed E-state index contributed by atoms with van der Waals surface area (Å²) in [5.41, 5.74) is 9.84. The number of rotatable bonds is 5. The van der Waals surface area contributed by atoms with Crippen molar-refractivity contribution in [2.45, 2.75) is 19.8 Å². The van der Waals surface area contributed by atoms with E-state index in [0.29, 0.717) is 41.1 Å². The van der Waals surface area contributed by atoms with E-state index in [9.17, 15) is 13.2 Å². The maximum atomic E-state index is 11.6. The Morgan fingerprint density at radius 3 is 2.70 bits per heavy atom. The second-order valence-corrected chi connectivity index (χ2v) is 10.7. The molecule has 0 aliphatic carbocycles. The number of sulfone groups is 1. The number of benzene rings is 1. The predicted octanol–water partition coefficient (Wildman–Crippen LogP) is 2.80. The lowest BCUT2D eigenvalue weighted by Gasteiger charge is -2.22. The van der Waals surface area contributed by atoms with Crippen LogP contribution in [0.1, 0.15) is 28.8 Å². The first-order chi connectivity index (χ1) is 14.2. The van der Waals surface area contributed by atoms with Gasteiger partial charge in [-0.05, 0) is 65.4 Å². The molecule has 0 bridgehead atoms. The van der Waals surface area contributed by atoms with E-state index in [0.717, 1.165) is 22.5 Å². The van der Waals surface area contributed by atoms with Gasteiger partial charge in [-0.25, -0.2) is 17.9 Å². The quantitative estimate of drug-likeness (QED) is 0.566. The van der Waals surface area contributed by atoms with E-state index in [1.54, 1.807) is 16.8 Å². The largest absolute Gasteiger partial charge is 0.382 e. The molecule has 1 amide bonds. The molecule has 30 heavy (non-hydrogen) atoms. The molecule has 10 heteroatoms. The topological polar surface area (TPSA) is 119 Å². The summed E-state index contributed by atoms with van der Waals surface area (Å²) in [6, 6.07) is 7.30. The van der Waals surface area contributed by atoms with Gasteiger partial charge in [-0.15, -0.1) is 0 Å². The standard InChI is InChI=1S/C20H22BrN5O3S/c1-12-8-14(2-3-15(12)19(22)27)17-11-24-20-16(9-18(21)25-26(17)20)23-10-13-4-6-30(28,29)7-5-13/h2-3,8-9,11,13,23H,4-7,10H2,1H3,(H2,22,27). The molecule has 4 rings (SSSR count). The van der Waals surface area contributed by atoms with Gasteiger partial charge in [0.15, 0.2) is 5.65 Å². The molecule has 1 aliphatic rings. The van der Waals surface area contributed by atoms with Gasteiger partial charge >= 0.3 is 0 Å². The summed E-state index contributed by atoms with van der Waals surface area (Å²) in [6.45, 7) is 2.52. The zero-order valence-corrected chi connectivity index (χ0v) is 18.8. The van der Waals surface area contributed by atoms with Gasteiger partial charge < -0.3 is 11.1 Å². The van der Waals surface area contributed by atoms with Crippen molar-refractivity contribution in [2.24, 2.45) is 11.7 Å². The Morgan fingerprint density at radius 2 is 2.03 bits per heavy atom. The Balaban J connectivity index is 1.62. The zero-order valence-electron chi connectivity index (χ0n) is 16.4. The maximum absolute atomic E-state index is 11.6. The molecule has 3 N–H and O–H groups in total. The summed E-state index contributed by atoms with van der Waals surface area (Å²) in [5, 5.41) is 7.95. The van der Waals surface area contributed by atoms with Crippen LogP contribution in [0.3, 0.4) is 0 Å². The van der Waals surface area contributed by atoms with E-state index in [-0.39, 0.29) is 11.5 Å². The highest BCUT2D eigenvalue weighted by molar-refractivity contribution is 9.10. The SMILES string of the molecule is Cc1cc(-c2cnc3c(NCC4CCS(=O)(=O)CC4)cc(Br)nn23)ccc1C(N)=O. The number of aromatic nitrogens is 3. The number of carbonyl (C=O) groups is 1. The Hall–Kier alpha value is -2.46. The average molecular weight is 492 g/mol. The highest BCUT2D eigenvalue weighted by Gasteiger charge is 2.24. The minimum atomic E-state index is -2.87. The molecule has 1 aliphatic heterocycles. The fraction of sp³-hybridized carbons (Fsp3) is 0.350. The van der Waals surface area contributed by atoms with Crippen molar-refractivity contribution in [3.8, 4) is 11.3 Å². The Labute approximate surface area is 182 Å². The molecule has 0 saturated carbocycles. The molecule has 0 spiro atoms. The molecule has 0 unspecified atom stereocenters. The molecule has 0 atom stereocenters. The van der Waals surface area contributed by atoms with Crippen LogP contribution in [-0.4, -0.2) is 47.0 Å². The number of nitrogens with one attached hydrogen (secondary N) is 1. The highest BCUT2D eigenvalue weighted by atomic mass is 79.9. The number of fused-ring (bicyclic) bond motifs is 1. The summed E-state index contributed by atoms with van der Waals surface area (Å²) >= 11 is 3.46. The van der Waals surface area contributed by atoms with E-state index in [2.05, 4.69) is 31.3 Å². The smallest absolute Gasteiger partial charge is 0.248 e. The number of aryl methyl sites for hydroxylation is 1. The molecule has 3 aromatic rings. The van der Waals surface area contributed by atoms with Gasteiger partial charge in [0.05, 0.1) is 29.1 Å². The third-order valence-corrected chi connectivity index (χ3v) is 7.58. The van der Waals surface area contributed by atoms with E-state index < -0.39 is 15.7 Å². The lowest BCUT2D eigenvalue weighted by atomic mass is 10.0. The molecule has 2 aromatic heterocycles. The Kier molecular flexibility index (Phi) is 5.54. The third-order valence-electron chi connectivity index (χ3n) is 5.48. The number of hydrogen-bond acceptors (Lipinski definition) is 6. The summed E-state index contributed by atoms with van der Waals surface area (Å²) < 4.78 is 25.7. The number of amides is 1. The lowest BCUT2D eigenvalue weighted by molar-refractivity contribution is 0.0999. The van der Waals surface area contributed by atoms with Crippen LogP contribution in [0.15, 0.2) is 35.1 Å². The fourth-order valence-corrected chi connectivity index (χ4v) is 5.74. The normalized spacial score (nSPS) is 16.6. The minimum Gasteiger partial charge on any atom is -0.382 e. The second-order valence-electron chi connectivity index (χ2n) is 7.63. The molecule has 8 nitrogen and oxygen atoms in total. The Morgan fingerprint density at radius 1 is 1.30 bits per heavy atom. The van der Waals surface area contributed by atoms with Crippen molar-refractivity contribution in [1.82, 2.24) is 14.6 Å². The van der Waals surface area contributed by atoms with Crippen molar-refractivity contribution < 1.29 is 13.2 Å². The number of halogens is 1. The van der Waals surface area contributed by atoms with Crippen LogP contribution in [0.4, 0.5) is 5.69 Å². The van der Waals surface area contributed by atoms with Crippen LogP contribution in [0.2, 0.25) is 0 Å². The van der Waals surface area contributed by atoms with Crippen molar-refractivity contribution in [1.29, 1.82) is 0 Å². The average Bonchev–Trinajstić information content (AvgIpc) is 3.10. The van der Waals surface area contributed by atoms with E-state index in [4.69, 9.17) is 5.73 Å². The minimum absolute atomic E-state index is 0.253. The number of primary amides is 1. The van der Waals surface area contributed by atoms with E-state index in [1.165, 1.54) is 0 Å². The van der Waals surface area contributed by atoms with Crippen molar-refractivity contribution in [2.75, 3.05) is 23.4 Å². The van der Waals surface area contributed by atoms with Crippen molar-refractivity contribution in [3.63, 3.8) is 0 Å². The van der Waals surface area contributed by atoms with Crippen molar-refractivity contribution in [3.05, 3.63) is 46.2 Å². The fourth-order valence-electron chi connectivity index (χ4n) is 3.76. The van der Waals surface area contributed by atoms with Gasteiger partial charge in [-0.1, -0.05) is 6.07 Å². The van der Waals surface area contributed by atoms with Gasteiger partial charge in [0, 0.05) is 17.7 Å². The highest BCUT2D eigenvalue weighted by Crippen LogP contribution is 2.28. The molecular formula is C20H22BrN5O3S. The van der Waals surface area contributed by atoms with Gasteiger partial charge in [0.25, 0.3) is 0 Å². The number of anilines is 1. The van der Waals surface area contributed by atoms with Gasteiger partial charge in [0.1, 0.15) is 14.4 Å². The van der Waals surface area contributed by atoms with Crippen LogP contribution < -0.4 is 11.1 Å². The number of nitrogens with zero attached hydrogens (tertiary/aromatic N) is 3. The van der Waals surface area contributed by atoms with Crippen LogP contribution >= 0.6 is 15.9 Å². The number of nitrogens with two attached hydrogens (primary N) is 1. The monoisotopic (exact) mass is 491 g/mol. The van der Waals surface area contributed by atoms with Gasteiger partial charge in [0.2, 0.25) is 5.91 Å². The molecule has 0 radical (unpaired) electrons. The van der Waals surface area contributed by atoms with Crippen LogP contribution in [0, 0.1) is 12.8 Å². The van der Waals surface area contributed by atoms with E-state index in [1.807, 2.05) is 25.1 Å². The van der Waals surface area contributed by atoms with Crippen LogP contribution in [-0.2, 0) is 9.84 Å². The summed E-state index contributed by atoms with van der Waals surface area (Å²) in [7, 11) is -2.87. The van der Waals surface area contributed by atoms with Crippen LogP contribution in [0.25, 0.3) is 16.9 Å². The molecule has 1 fully saturated rings. The lowest BCUT2D eigenvalue weighted by Crippen LogP contribution is -2.27. The first-order valence-electron chi connectivity index (χ1n) is 9.63. The molecule has 1 aromatic carbocycles. The summed E-state index contributed by atoms with van der Waals surface area (Å²) in [4.78, 5) is 16.0. The third kappa shape index (κ3) is 4.20. The van der Waals surface area contributed by atoms with Gasteiger partial charge in [-0.3, -0.25) is 4.79 Å².